The van der Waals surface area contributed by atoms with Crippen molar-refractivity contribution in [3.05, 3.63) is 90.3 Å². The summed E-state index contributed by atoms with van der Waals surface area (Å²) in [7, 11) is 0. The summed E-state index contributed by atoms with van der Waals surface area (Å²) >= 11 is 0. The third kappa shape index (κ3) is 3.96. The molecule has 1 aromatic carbocycles. The summed E-state index contributed by atoms with van der Waals surface area (Å²) in [4.78, 5) is 43.1. The van der Waals surface area contributed by atoms with Crippen molar-refractivity contribution in [1.29, 1.82) is 0 Å². The fraction of sp³-hybridized carbons (Fsp3) is 0.231. The molecule has 3 aromatic heterocycles. The van der Waals surface area contributed by atoms with Crippen LogP contribution in [0.1, 0.15) is 27.7 Å². The largest absolute Gasteiger partial charge is 0.352 e. The number of aromatic nitrogens is 5. The van der Waals surface area contributed by atoms with Crippen molar-refractivity contribution in [2.24, 2.45) is 0 Å². The number of piperazine rings is 1. The van der Waals surface area contributed by atoms with Crippen LogP contribution < -0.4 is 10.2 Å². The molecule has 0 aliphatic carbocycles. The van der Waals surface area contributed by atoms with Gasteiger partial charge in [-0.15, -0.1) is 0 Å². The lowest BCUT2D eigenvalue weighted by Crippen LogP contribution is -2.50. The minimum atomic E-state index is -0.379. The zero-order valence-electron chi connectivity index (χ0n) is 19.5. The Morgan fingerprint density at radius 2 is 1.75 bits per heavy atom. The van der Waals surface area contributed by atoms with Gasteiger partial charge in [-0.05, 0) is 11.6 Å². The predicted molar refractivity (Wildman–Crippen MR) is 132 cm³/mol. The molecular formula is C26H24N8O2. The molecule has 1 atom stereocenters. The molecule has 10 nitrogen and oxygen atoms in total. The van der Waals surface area contributed by atoms with E-state index in [1.54, 1.807) is 35.7 Å². The van der Waals surface area contributed by atoms with E-state index in [-0.39, 0.29) is 24.4 Å². The highest BCUT2D eigenvalue weighted by Crippen LogP contribution is 2.38. The van der Waals surface area contributed by atoms with Crippen molar-refractivity contribution in [2.75, 3.05) is 31.1 Å². The Balaban J connectivity index is 1.28. The number of amides is 2. The molecule has 0 spiro atoms. The maximum atomic E-state index is 13.3. The Morgan fingerprint density at radius 1 is 0.944 bits per heavy atom. The lowest BCUT2D eigenvalue weighted by atomic mass is 9.98. The minimum Gasteiger partial charge on any atom is -0.352 e. The summed E-state index contributed by atoms with van der Waals surface area (Å²) in [5, 5.41) is 7.84. The highest BCUT2D eigenvalue weighted by atomic mass is 16.2. The van der Waals surface area contributed by atoms with Gasteiger partial charge in [0.25, 0.3) is 5.91 Å². The first-order chi connectivity index (χ1) is 17.7. The molecule has 36 heavy (non-hydrogen) atoms. The SMILES string of the molecule is O=C1NC(c2cccnc2)c2c(-c3ccccc3)nn(CC(=O)N3CCN(c4cnccn4)CC3)c21. The van der Waals surface area contributed by atoms with Crippen LogP contribution in [0.4, 0.5) is 5.82 Å². The van der Waals surface area contributed by atoms with Crippen LogP contribution in [0.25, 0.3) is 11.3 Å². The second-order valence-corrected chi connectivity index (χ2v) is 8.76. The molecule has 4 aromatic rings. The van der Waals surface area contributed by atoms with Gasteiger partial charge in [-0.25, -0.2) is 9.67 Å². The number of carbonyl (C=O) groups is 2. The summed E-state index contributed by atoms with van der Waals surface area (Å²) < 4.78 is 1.56. The van der Waals surface area contributed by atoms with E-state index in [1.165, 1.54) is 0 Å². The van der Waals surface area contributed by atoms with E-state index in [1.807, 2.05) is 47.4 Å². The standard InChI is InChI=1S/C26H24N8O2/c35-21(33-13-11-32(12-14-33)20-16-28-9-10-29-20)17-34-25-22(24(31-34)18-5-2-1-3-6-18)23(30-26(25)36)19-7-4-8-27-15-19/h1-10,15-16,23H,11-14,17H2,(H,30,36). The summed E-state index contributed by atoms with van der Waals surface area (Å²) in [5.41, 5.74) is 3.66. The Bertz CT molecular complexity index is 1380. The lowest BCUT2D eigenvalue weighted by Gasteiger charge is -2.35. The molecule has 0 bridgehead atoms. The highest BCUT2D eigenvalue weighted by molar-refractivity contribution is 6.00. The number of fused-ring (bicyclic) bond motifs is 1. The zero-order valence-corrected chi connectivity index (χ0v) is 19.5. The molecule has 1 fully saturated rings. The molecule has 180 valence electrons. The van der Waals surface area contributed by atoms with Crippen LogP contribution in [0, 0.1) is 0 Å². The van der Waals surface area contributed by atoms with Crippen LogP contribution >= 0.6 is 0 Å². The van der Waals surface area contributed by atoms with Crippen molar-refractivity contribution < 1.29 is 9.59 Å². The number of nitrogens with zero attached hydrogens (tertiary/aromatic N) is 7. The van der Waals surface area contributed by atoms with Crippen LogP contribution in [-0.4, -0.2) is 67.6 Å². The predicted octanol–water partition coefficient (Wildman–Crippen LogP) is 1.92. The second-order valence-electron chi connectivity index (χ2n) is 8.76. The van der Waals surface area contributed by atoms with E-state index in [9.17, 15) is 9.59 Å². The van der Waals surface area contributed by atoms with E-state index in [4.69, 9.17) is 5.10 Å². The van der Waals surface area contributed by atoms with Crippen molar-refractivity contribution >= 4 is 17.6 Å². The molecule has 2 amide bonds. The summed E-state index contributed by atoms with van der Waals surface area (Å²) in [6.45, 7) is 2.46. The van der Waals surface area contributed by atoms with E-state index in [2.05, 4.69) is 25.2 Å². The first-order valence-corrected chi connectivity index (χ1v) is 11.8. The van der Waals surface area contributed by atoms with Gasteiger partial charge in [0, 0.05) is 62.1 Å². The fourth-order valence-electron chi connectivity index (χ4n) is 4.85. The third-order valence-electron chi connectivity index (χ3n) is 6.62. The van der Waals surface area contributed by atoms with Crippen molar-refractivity contribution in [3.63, 3.8) is 0 Å². The van der Waals surface area contributed by atoms with Gasteiger partial charge < -0.3 is 15.1 Å². The fourth-order valence-corrected chi connectivity index (χ4v) is 4.85. The molecule has 2 aliphatic heterocycles. The molecule has 2 aliphatic rings. The average Bonchev–Trinajstić information content (AvgIpc) is 3.49. The van der Waals surface area contributed by atoms with Crippen molar-refractivity contribution in [3.8, 4) is 11.3 Å². The molecule has 1 unspecified atom stereocenters. The summed E-state index contributed by atoms with van der Waals surface area (Å²) in [6, 6.07) is 13.1. The minimum absolute atomic E-state index is 0.00646. The van der Waals surface area contributed by atoms with Crippen molar-refractivity contribution in [1.82, 2.24) is 34.9 Å². The number of nitrogens with one attached hydrogen (secondary N) is 1. The van der Waals surface area contributed by atoms with E-state index in [0.29, 0.717) is 37.6 Å². The molecule has 0 radical (unpaired) electrons. The molecule has 1 saturated heterocycles. The Hall–Kier alpha value is -4.60. The maximum absolute atomic E-state index is 13.3. The zero-order chi connectivity index (χ0) is 24.5. The molecule has 1 N–H and O–H groups in total. The van der Waals surface area contributed by atoms with Gasteiger partial charge in [-0.2, -0.15) is 5.10 Å². The molecular weight excluding hydrogens is 456 g/mol. The average molecular weight is 481 g/mol. The maximum Gasteiger partial charge on any atom is 0.270 e. The number of hydrogen-bond acceptors (Lipinski definition) is 7. The van der Waals surface area contributed by atoms with E-state index >= 15 is 0 Å². The van der Waals surface area contributed by atoms with Gasteiger partial charge in [0.2, 0.25) is 5.91 Å². The summed E-state index contributed by atoms with van der Waals surface area (Å²) in [5.74, 6) is 0.491. The van der Waals surface area contributed by atoms with Crippen LogP contribution in [0.3, 0.4) is 0 Å². The van der Waals surface area contributed by atoms with Crippen molar-refractivity contribution in [2.45, 2.75) is 12.6 Å². The number of benzene rings is 1. The first-order valence-electron chi connectivity index (χ1n) is 11.8. The number of pyridine rings is 1. The first kappa shape index (κ1) is 21.9. The van der Waals surface area contributed by atoms with Gasteiger partial charge in [0.1, 0.15) is 18.1 Å². The number of anilines is 1. The smallest absolute Gasteiger partial charge is 0.270 e. The van der Waals surface area contributed by atoms with Crippen LogP contribution in [0.15, 0.2) is 73.4 Å². The Morgan fingerprint density at radius 3 is 2.47 bits per heavy atom. The van der Waals surface area contributed by atoms with E-state index < -0.39 is 0 Å². The monoisotopic (exact) mass is 480 g/mol. The number of carbonyl (C=O) groups excluding carboxylic acids is 2. The van der Waals surface area contributed by atoms with Gasteiger partial charge in [0.05, 0.1) is 17.9 Å². The second kappa shape index (κ2) is 9.21. The normalized spacial score (nSPS) is 17.1. The molecule has 5 heterocycles. The van der Waals surface area contributed by atoms with Gasteiger partial charge in [-0.3, -0.25) is 19.6 Å². The Kier molecular flexibility index (Phi) is 5.61. The topological polar surface area (TPSA) is 109 Å². The highest BCUT2D eigenvalue weighted by Gasteiger charge is 2.38. The van der Waals surface area contributed by atoms with Crippen LogP contribution in [0.2, 0.25) is 0 Å². The molecule has 10 heteroatoms. The number of rotatable bonds is 5. The Labute approximate surface area is 207 Å². The number of hydrogen-bond donors (Lipinski definition) is 1. The molecule has 0 saturated carbocycles. The third-order valence-corrected chi connectivity index (χ3v) is 6.62. The van der Waals surface area contributed by atoms with Crippen LogP contribution in [-0.2, 0) is 11.3 Å². The van der Waals surface area contributed by atoms with Crippen LogP contribution in [0.5, 0.6) is 0 Å². The quantitative estimate of drug-likeness (QED) is 0.465. The van der Waals surface area contributed by atoms with E-state index in [0.717, 1.165) is 22.5 Å². The van der Waals surface area contributed by atoms with Gasteiger partial charge in [0.15, 0.2) is 0 Å². The molecule has 6 rings (SSSR count). The van der Waals surface area contributed by atoms with Gasteiger partial charge >= 0.3 is 0 Å². The lowest BCUT2D eigenvalue weighted by molar-refractivity contribution is -0.132. The summed E-state index contributed by atoms with van der Waals surface area (Å²) in [6.07, 6.45) is 8.48. The van der Waals surface area contributed by atoms with Gasteiger partial charge in [-0.1, -0.05) is 36.4 Å².